The second kappa shape index (κ2) is 8.96. The number of nitrogens with zero attached hydrogens (tertiary/aromatic N) is 1. The lowest BCUT2D eigenvalue weighted by Gasteiger charge is -2.26. The number of benzene rings is 2. The monoisotopic (exact) mass is 447 g/mol. The first-order chi connectivity index (χ1) is 15.0. The van der Waals surface area contributed by atoms with E-state index in [0.29, 0.717) is 36.0 Å². The van der Waals surface area contributed by atoms with Crippen LogP contribution in [0.15, 0.2) is 47.4 Å². The topological polar surface area (TPSA) is 101 Å². The summed E-state index contributed by atoms with van der Waals surface area (Å²) in [6, 6.07) is 9.49. The van der Waals surface area contributed by atoms with Crippen LogP contribution in [0.2, 0.25) is 0 Å². The summed E-state index contributed by atoms with van der Waals surface area (Å²) in [7, 11) is -2.36. The Morgan fingerprint density at radius 2 is 1.84 bits per heavy atom. The molecule has 1 fully saturated rings. The fourth-order valence-electron chi connectivity index (χ4n) is 3.18. The number of methoxy groups -OCH3 is 1. The summed E-state index contributed by atoms with van der Waals surface area (Å²) in [4.78, 5) is 12.2. The molecule has 0 radical (unpaired) electrons. The first kappa shape index (κ1) is 21.2. The Kier molecular flexibility index (Phi) is 6.12. The highest BCUT2D eigenvalue weighted by molar-refractivity contribution is 7.89. The minimum atomic E-state index is -3.77. The van der Waals surface area contributed by atoms with Crippen LogP contribution in [-0.2, 0) is 19.6 Å². The highest BCUT2D eigenvalue weighted by Crippen LogP contribution is 2.35. The van der Waals surface area contributed by atoms with E-state index < -0.39 is 16.0 Å². The Bertz CT molecular complexity index is 1110. The minimum absolute atomic E-state index is 0.0307. The van der Waals surface area contributed by atoms with Gasteiger partial charge in [-0.3, -0.25) is 0 Å². The van der Waals surface area contributed by atoms with Gasteiger partial charge in [0.15, 0.2) is 11.5 Å². The molecule has 0 amide bonds. The van der Waals surface area contributed by atoms with Crippen molar-refractivity contribution in [3.05, 3.63) is 48.0 Å². The van der Waals surface area contributed by atoms with E-state index in [1.54, 1.807) is 30.3 Å². The smallest absolute Gasteiger partial charge is 0.336 e. The van der Waals surface area contributed by atoms with Crippen LogP contribution in [0.3, 0.4) is 0 Å². The largest absolute Gasteiger partial charge is 0.495 e. The maximum atomic E-state index is 13.0. The Labute approximate surface area is 179 Å². The van der Waals surface area contributed by atoms with Gasteiger partial charge in [0.25, 0.3) is 0 Å². The van der Waals surface area contributed by atoms with E-state index >= 15 is 0 Å². The number of hydrogen-bond acceptors (Lipinski definition) is 8. The third-order valence-electron chi connectivity index (χ3n) is 4.75. The zero-order valence-electron chi connectivity index (χ0n) is 16.8. The maximum Gasteiger partial charge on any atom is 0.336 e. The maximum absolute atomic E-state index is 13.0. The lowest BCUT2D eigenvalue weighted by atomic mass is 10.2. The fraction of sp³-hybridized carbons (Fsp3) is 0.286. The molecule has 0 bridgehead atoms. The molecule has 2 aromatic carbocycles. The number of ether oxygens (including phenoxy) is 5. The predicted molar refractivity (Wildman–Crippen MR) is 110 cm³/mol. The van der Waals surface area contributed by atoms with Crippen LogP contribution in [0.25, 0.3) is 6.08 Å². The van der Waals surface area contributed by atoms with Gasteiger partial charge in [-0.15, -0.1) is 0 Å². The summed E-state index contributed by atoms with van der Waals surface area (Å²) in [5.41, 5.74) is 0.510. The van der Waals surface area contributed by atoms with E-state index in [2.05, 4.69) is 0 Å². The second-order valence-corrected chi connectivity index (χ2v) is 8.60. The molecule has 31 heavy (non-hydrogen) atoms. The van der Waals surface area contributed by atoms with Gasteiger partial charge in [0.05, 0.1) is 20.3 Å². The van der Waals surface area contributed by atoms with Crippen molar-refractivity contribution in [3.8, 4) is 23.0 Å². The Morgan fingerprint density at radius 3 is 2.61 bits per heavy atom. The van der Waals surface area contributed by atoms with Gasteiger partial charge in [-0.1, -0.05) is 6.07 Å². The molecule has 2 heterocycles. The van der Waals surface area contributed by atoms with E-state index in [0.717, 1.165) is 0 Å². The summed E-state index contributed by atoms with van der Waals surface area (Å²) in [6.07, 6.45) is 2.70. The highest BCUT2D eigenvalue weighted by atomic mass is 32.2. The number of morpholine rings is 1. The molecule has 0 unspecified atom stereocenters. The number of esters is 1. The third-order valence-corrected chi connectivity index (χ3v) is 6.67. The zero-order chi connectivity index (χ0) is 21.8. The van der Waals surface area contributed by atoms with Gasteiger partial charge >= 0.3 is 5.97 Å². The number of fused-ring (bicyclic) bond motifs is 1. The molecule has 10 heteroatoms. The van der Waals surface area contributed by atoms with Gasteiger partial charge in [-0.2, -0.15) is 4.31 Å². The molecule has 2 aliphatic rings. The number of carbonyl (C=O) groups excluding carboxylic acids is 1. The van der Waals surface area contributed by atoms with Crippen LogP contribution in [0.4, 0.5) is 0 Å². The predicted octanol–water partition coefficient (Wildman–Crippen LogP) is 2.06. The van der Waals surface area contributed by atoms with E-state index in [4.69, 9.17) is 23.7 Å². The van der Waals surface area contributed by atoms with Crippen LogP contribution in [0.1, 0.15) is 5.56 Å². The fourth-order valence-corrected chi connectivity index (χ4v) is 4.78. The van der Waals surface area contributed by atoms with Gasteiger partial charge in [0, 0.05) is 25.2 Å². The Balaban J connectivity index is 1.51. The molecule has 0 atom stereocenters. The van der Waals surface area contributed by atoms with Crippen molar-refractivity contribution >= 4 is 22.1 Å². The molecule has 4 rings (SSSR count). The molecule has 0 saturated carbocycles. The summed E-state index contributed by atoms with van der Waals surface area (Å²) >= 11 is 0. The lowest BCUT2D eigenvalue weighted by Crippen LogP contribution is -2.40. The van der Waals surface area contributed by atoms with Crippen LogP contribution in [0.5, 0.6) is 23.0 Å². The number of hydrogen-bond donors (Lipinski definition) is 0. The molecular formula is C21H21NO8S. The van der Waals surface area contributed by atoms with Crippen molar-refractivity contribution in [2.24, 2.45) is 0 Å². The van der Waals surface area contributed by atoms with E-state index in [1.165, 1.54) is 29.6 Å². The number of sulfonamides is 1. The van der Waals surface area contributed by atoms with Crippen molar-refractivity contribution in [1.29, 1.82) is 0 Å². The zero-order valence-corrected chi connectivity index (χ0v) is 17.6. The summed E-state index contributed by atoms with van der Waals surface area (Å²) < 4.78 is 53.7. The molecule has 2 aromatic rings. The number of carbonyl (C=O) groups is 1. The molecule has 0 spiro atoms. The average Bonchev–Trinajstić information content (AvgIpc) is 3.26. The first-order valence-electron chi connectivity index (χ1n) is 9.53. The molecule has 0 aromatic heterocycles. The SMILES string of the molecule is COc1ccc(/C=C/C(=O)Oc2ccc3c(c2)OCO3)cc1S(=O)(=O)N1CCOCC1. The normalized spacial score (nSPS) is 16.4. The van der Waals surface area contributed by atoms with Crippen molar-refractivity contribution in [1.82, 2.24) is 4.31 Å². The molecule has 2 aliphatic heterocycles. The number of rotatable bonds is 6. The van der Waals surface area contributed by atoms with Gasteiger partial charge in [0.1, 0.15) is 16.4 Å². The molecule has 0 aliphatic carbocycles. The van der Waals surface area contributed by atoms with Crippen LogP contribution >= 0.6 is 0 Å². The molecule has 0 N–H and O–H groups in total. The Hall–Kier alpha value is -3.08. The second-order valence-electron chi connectivity index (χ2n) is 6.70. The summed E-state index contributed by atoms with van der Waals surface area (Å²) in [5, 5.41) is 0. The van der Waals surface area contributed by atoms with Gasteiger partial charge in [-0.25, -0.2) is 13.2 Å². The van der Waals surface area contributed by atoms with Crippen molar-refractivity contribution in [3.63, 3.8) is 0 Å². The van der Waals surface area contributed by atoms with Gasteiger partial charge in [-0.05, 0) is 35.9 Å². The Morgan fingerprint density at radius 1 is 1.06 bits per heavy atom. The average molecular weight is 447 g/mol. The van der Waals surface area contributed by atoms with Crippen molar-refractivity contribution in [2.45, 2.75) is 4.90 Å². The van der Waals surface area contributed by atoms with E-state index in [-0.39, 0.29) is 30.5 Å². The van der Waals surface area contributed by atoms with E-state index in [1.807, 2.05) is 0 Å². The lowest BCUT2D eigenvalue weighted by molar-refractivity contribution is -0.128. The molecule has 164 valence electrons. The van der Waals surface area contributed by atoms with Crippen LogP contribution in [0, 0.1) is 0 Å². The van der Waals surface area contributed by atoms with Gasteiger partial charge in [0.2, 0.25) is 16.8 Å². The molecular weight excluding hydrogens is 426 g/mol. The van der Waals surface area contributed by atoms with Crippen molar-refractivity contribution < 1.29 is 36.9 Å². The van der Waals surface area contributed by atoms with Gasteiger partial charge < -0.3 is 23.7 Å². The highest BCUT2D eigenvalue weighted by Gasteiger charge is 2.29. The van der Waals surface area contributed by atoms with Crippen molar-refractivity contribution in [2.75, 3.05) is 40.2 Å². The van der Waals surface area contributed by atoms with Crippen LogP contribution < -0.4 is 18.9 Å². The third kappa shape index (κ3) is 4.66. The standard InChI is InChI=1S/C21H21NO8S/c1-26-18-5-2-15(12-20(18)31(24,25)22-8-10-27-11-9-22)3-7-21(23)30-16-4-6-17-19(13-16)29-14-28-17/h2-7,12-13H,8-11,14H2,1H3/b7-3+. The molecule has 1 saturated heterocycles. The summed E-state index contributed by atoms with van der Waals surface area (Å²) in [6.45, 7) is 1.35. The minimum Gasteiger partial charge on any atom is -0.495 e. The van der Waals surface area contributed by atoms with Crippen LogP contribution in [-0.4, -0.2) is 58.9 Å². The molecule has 9 nitrogen and oxygen atoms in total. The quantitative estimate of drug-likeness (QED) is 0.377. The first-order valence-corrected chi connectivity index (χ1v) is 11.0. The van der Waals surface area contributed by atoms with E-state index in [9.17, 15) is 13.2 Å². The summed E-state index contributed by atoms with van der Waals surface area (Å²) in [5.74, 6) is 1.01.